The van der Waals surface area contributed by atoms with Gasteiger partial charge in [0.05, 0.1) is 25.5 Å². The lowest BCUT2D eigenvalue weighted by Gasteiger charge is -2.09. The second-order valence-electron chi connectivity index (χ2n) is 5.45. The number of hydrogen-bond donors (Lipinski definition) is 0. The Morgan fingerprint density at radius 1 is 1.04 bits per heavy atom. The number of nitrogens with zero attached hydrogens (tertiary/aromatic N) is 5. The Morgan fingerprint density at radius 2 is 1.83 bits per heavy atom. The highest BCUT2D eigenvalue weighted by molar-refractivity contribution is 5.57. The van der Waals surface area contributed by atoms with Crippen LogP contribution in [0, 0.1) is 0 Å². The van der Waals surface area contributed by atoms with Gasteiger partial charge < -0.3 is 9.64 Å². The van der Waals surface area contributed by atoms with E-state index in [-0.39, 0.29) is 0 Å². The van der Waals surface area contributed by atoms with E-state index in [1.165, 1.54) is 0 Å². The fourth-order valence-corrected chi connectivity index (χ4v) is 2.22. The lowest BCUT2D eigenvalue weighted by molar-refractivity contribution is 0.414. The Hall–Kier alpha value is -2.89. The molecular formula is C17H19N5O. The monoisotopic (exact) mass is 309 g/mol. The maximum atomic E-state index is 5.17. The summed E-state index contributed by atoms with van der Waals surface area (Å²) < 4.78 is 7.05. The molecule has 0 saturated heterocycles. The fourth-order valence-electron chi connectivity index (χ4n) is 2.22. The lowest BCUT2D eigenvalue weighted by Crippen LogP contribution is -2.11. The highest BCUT2D eigenvalue weighted by Crippen LogP contribution is 2.18. The molecule has 0 unspecified atom stereocenters. The van der Waals surface area contributed by atoms with Gasteiger partial charge in [0.15, 0.2) is 5.82 Å². The average Bonchev–Trinajstić information content (AvgIpc) is 3.04. The summed E-state index contributed by atoms with van der Waals surface area (Å²) in [6.07, 6.45) is 3.78. The summed E-state index contributed by atoms with van der Waals surface area (Å²) in [7, 11) is 5.55. The molecule has 118 valence electrons. The Morgan fingerprint density at radius 3 is 2.43 bits per heavy atom. The summed E-state index contributed by atoms with van der Waals surface area (Å²) in [5, 5.41) is 12.8. The van der Waals surface area contributed by atoms with Crippen LogP contribution in [0.3, 0.4) is 0 Å². The first-order valence-corrected chi connectivity index (χ1v) is 7.32. The van der Waals surface area contributed by atoms with Crippen LogP contribution in [-0.2, 0) is 6.54 Å². The Bertz CT molecular complexity index is 762. The molecule has 0 aliphatic carbocycles. The molecule has 0 spiro atoms. The maximum absolute atomic E-state index is 5.17. The molecule has 0 aliphatic heterocycles. The minimum atomic E-state index is 0.702. The SMILES string of the molecule is COc1ccc(Cn2cc(-c3ccc(N(C)C)nn3)cn2)cc1. The second-order valence-corrected chi connectivity index (χ2v) is 5.45. The number of rotatable bonds is 5. The first-order chi connectivity index (χ1) is 11.2. The van der Waals surface area contributed by atoms with Crippen molar-refractivity contribution in [3.8, 4) is 17.0 Å². The zero-order valence-corrected chi connectivity index (χ0v) is 13.5. The summed E-state index contributed by atoms with van der Waals surface area (Å²) in [5.74, 6) is 1.69. The number of anilines is 1. The molecule has 0 bridgehead atoms. The number of benzene rings is 1. The van der Waals surface area contributed by atoms with Gasteiger partial charge in [-0.1, -0.05) is 12.1 Å². The van der Waals surface area contributed by atoms with Crippen LogP contribution < -0.4 is 9.64 Å². The molecular weight excluding hydrogens is 290 g/mol. The van der Waals surface area contributed by atoms with Crippen molar-refractivity contribution in [3.05, 3.63) is 54.4 Å². The molecule has 0 N–H and O–H groups in total. The van der Waals surface area contributed by atoms with Crippen LogP contribution in [-0.4, -0.2) is 41.2 Å². The predicted octanol–water partition coefficient (Wildman–Crippen LogP) is 2.46. The van der Waals surface area contributed by atoms with Crippen LogP contribution in [0.1, 0.15) is 5.56 Å². The summed E-state index contributed by atoms with van der Waals surface area (Å²) in [4.78, 5) is 1.92. The van der Waals surface area contributed by atoms with E-state index < -0.39 is 0 Å². The number of aromatic nitrogens is 4. The van der Waals surface area contributed by atoms with Crippen LogP contribution in [0.4, 0.5) is 5.82 Å². The topological polar surface area (TPSA) is 56.1 Å². The Kier molecular flexibility index (Phi) is 4.23. The van der Waals surface area contributed by atoms with E-state index in [1.807, 2.05) is 72.5 Å². The van der Waals surface area contributed by atoms with Crippen molar-refractivity contribution in [2.75, 3.05) is 26.1 Å². The van der Waals surface area contributed by atoms with Gasteiger partial charge in [-0.2, -0.15) is 5.10 Å². The van der Waals surface area contributed by atoms with Crippen molar-refractivity contribution in [1.29, 1.82) is 0 Å². The Labute approximate surface area is 135 Å². The van der Waals surface area contributed by atoms with E-state index in [2.05, 4.69) is 15.3 Å². The predicted molar refractivity (Wildman–Crippen MR) is 89.7 cm³/mol. The summed E-state index contributed by atoms with van der Waals surface area (Å²) in [6.45, 7) is 0.702. The molecule has 6 nitrogen and oxygen atoms in total. The lowest BCUT2D eigenvalue weighted by atomic mass is 10.2. The molecule has 3 aromatic rings. The average molecular weight is 309 g/mol. The zero-order chi connectivity index (χ0) is 16.2. The molecule has 1 aromatic carbocycles. The van der Waals surface area contributed by atoms with E-state index in [0.29, 0.717) is 6.54 Å². The molecule has 2 aromatic heterocycles. The molecule has 0 radical (unpaired) electrons. The van der Waals surface area contributed by atoms with Crippen molar-refractivity contribution in [1.82, 2.24) is 20.0 Å². The van der Waals surface area contributed by atoms with Gasteiger partial charge in [0.2, 0.25) is 0 Å². The molecule has 6 heteroatoms. The van der Waals surface area contributed by atoms with Gasteiger partial charge in [0, 0.05) is 25.9 Å². The molecule has 0 amide bonds. The molecule has 0 fully saturated rings. The van der Waals surface area contributed by atoms with Crippen molar-refractivity contribution < 1.29 is 4.74 Å². The van der Waals surface area contributed by atoms with Crippen molar-refractivity contribution in [2.45, 2.75) is 6.54 Å². The first-order valence-electron chi connectivity index (χ1n) is 7.32. The fraction of sp³-hybridized carbons (Fsp3) is 0.235. The Balaban J connectivity index is 1.74. The molecule has 0 aliphatic rings. The summed E-state index contributed by atoms with van der Waals surface area (Å²) in [5.41, 5.74) is 2.93. The van der Waals surface area contributed by atoms with Crippen molar-refractivity contribution in [3.63, 3.8) is 0 Å². The third-order valence-corrected chi connectivity index (χ3v) is 3.54. The molecule has 23 heavy (non-hydrogen) atoms. The van der Waals surface area contributed by atoms with Crippen molar-refractivity contribution >= 4 is 5.82 Å². The minimum absolute atomic E-state index is 0.702. The normalized spacial score (nSPS) is 10.6. The largest absolute Gasteiger partial charge is 0.497 e. The van der Waals surface area contributed by atoms with E-state index in [9.17, 15) is 0 Å². The van der Waals surface area contributed by atoms with Crippen LogP contribution in [0.25, 0.3) is 11.3 Å². The van der Waals surface area contributed by atoms with Gasteiger partial charge in [-0.15, -0.1) is 10.2 Å². The van der Waals surface area contributed by atoms with Crippen LogP contribution in [0.5, 0.6) is 5.75 Å². The highest BCUT2D eigenvalue weighted by Gasteiger charge is 2.06. The summed E-state index contributed by atoms with van der Waals surface area (Å²) in [6, 6.07) is 11.9. The number of ether oxygens (including phenoxy) is 1. The third kappa shape index (κ3) is 3.48. The van der Waals surface area contributed by atoms with E-state index in [0.717, 1.165) is 28.4 Å². The smallest absolute Gasteiger partial charge is 0.150 e. The highest BCUT2D eigenvalue weighted by atomic mass is 16.5. The minimum Gasteiger partial charge on any atom is -0.497 e. The standard InChI is InChI=1S/C17H19N5O/c1-21(2)17-9-8-16(19-20-17)14-10-18-22(12-14)11-13-4-6-15(23-3)7-5-13/h4-10,12H,11H2,1-3H3. The van der Waals surface area contributed by atoms with Crippen LogP contribution >= 0.6 is 0 Å². The van der Waals surface area contributed by atoms with Gasteiger partial charge in [0.25, 0.3) is 0 Å². The van der Waals surface area contributed by atoms with Crippen molar-refractivity contribution in [2.24, 2.45) is 0 Å². The second kappa shape index (κ2) is 6.48. The quantitative estimate of drug-likeness (QED) is 0.724. The van der Waals surface area contributed by atoms with Gasteiger partial charge in [-0.05, 0) is 29.8 Å². The molecule has 0 saturated carbocycles. The molecule has 0 atom stereocenters. The van der Waals surface area contributed by atoms with Gasteiger partial charge in [0.1, 0.15) is 5.75 Å². The van der Waals surface area contributed by atoms with Gasteiger partial charge in [-0.3, -0.25) is 4.68 Å². The molecule has 3 rings (SSSR count). The zero-order valence-electron chi connectivity index (χ0n) is 13.5. The summed E-state index contributed by atoms with van der Waals surface area (Å²) >= 11 is 0. The molecule has 2 heterocycles. The van der Waals surface area contributed by atoms with Gasteiger partial charge in [-0.25, -0.2) is 0 Å². The van der Waals surface area contributed by atoms with Crippen LogP contribution in [0.2, 0.25) is 0 Å². The van der Waals surface area contributed by atoms with E-state index in [1.54, 1.807) is 7.11 Å². The van der Waals surface area contributed by atoms with Crippen LogP contribution in [0.15, 0.2) is 48.8 Å². The number of hydrogen-bond acceptors (Lipinski definition) is 5. The van der Waals surface area contributed by atoms with E-state index in [4.69, 9.17) is 4.74 Å². The first kappa shape index (κ1) is 15.0. The van der Waals surface area contributed by atoms with E-state index >= 15 is 0 Å². The maximum Gasteiger partial charge on any atom is 0.150 e. The van der Waals surface area contributed by atoms with Gasteiger partial charge >= 0.3 is 0 Å². The third-order valence-electron chi connectivity index (χ3n) is 3.54. The number of methoxy groups -OCH3 is 1.